The molecule has 1 heterocycles. The lowest BCUT2D eigenvalue weighted by molar-refractivity contribution is -0.138. The molecular formula is C17H26Cl2N2O2. The number of hydrogen-bond acceptors (Lipinski definition) is 3. The van der Waals surface area contributed by atoms with Gasteiger partial charge in [0, 0.05) is 23.7 Å². The van der Waals surface area contributed by atoms with Crippen LogP contribution in [0.15, 0.2) is 24.3 Å². The first-order chi connectivity index (χ1) is 10.5. The van der Waals surface area contributed by atoms with Crippen molar-refractivity contribution in [3.63, 3.8) is 0 Å². The topological polar surface area (TPSA) is 43.8 Å². The van der Waals surface area contributed by atoms with Gasteiger partial charge in [-0.1, -0.05) is 29.8 Å². The summed E-state index contributed by atoms with van der Waals surface area (Å²) in [6.07, 6.45) is 3.14. The lowest BCUT2D eigenvalue weighted by atomic mass is 10.1. The van der Waals surface area contributed by atoms with Gasteiger partial charge in [0.2, 0.25) is 0 Å². The number of likely N-dealkylation sites (N-methyl/N-ethyl adjacent to an activating group) is 1. The summed E-state index contributed by atoms with van der Waals surface area (Å²) in [7, 11) is 1.91. The molecule has 23 heavy (non-hydrogen) atoms. The average Bonchev–Trinajstić information content (AvgIpc) is 2.72. The highest BCUT2D eigenvalue weighted by molar-refractivity contribution is 6.31. The maximum Gasteiger partial charge on any atom is 0.317 e. The summed E-state index contributed by atoms with van der Waals surface area (Å²) in [4.78, 5) is 15.3. The van der Waals surface area contributed by atoms with E-state index < -0.39 is 5.97 Å². The molecule has 1 aromatic rings. The van der Waals surface area contributed by atoms with Crippen molar-refractivity contribution >= 4 is 30.0 Å². The van der Waals surface area contributed by atoms with Crippen molar-refractivity contribution in [2.24, 2.45) is 0 Å². The first kappa shape index (κ1) is 20.2. The summed E-state index contributed by atoms with van der Waals surface area (Å²) < 4.78 is 0. The van der Waals surface area contributed by atoms with Crippen molar-refractivity contribution < 1.29 is 9.90 Å². The Labute approximate surface area is 149 Å². The Morgan fingerprint density at radius 2 is 2.09 bits per heavy atom. The molecule has 0 aromatic heterocycles. The predicted octanol–water partition coefficient (Wildman–Crippen LogP) is 3.69. The van der Waals surface area contributed by atoms with E-state index in [9.17, 15) is 4.79 Å². The number of likely N-dealkylation sites (tertiary alicyclic amines) is 1. The second kappa shape index (κ2) is 9.48. The molecular weight excluding hydrogens is 335 g/mol. The van der Waals surface area contributed by atoms with Gasteiger partial charge < -0.3 is 5.11 Å². The SMILES string of the molecule is CC(c1ccccc1Cl)N1CCCC(N(C)CC(=O)O)CC1.Cl. The van der Waals surface area contributed by atoms with Crippen molar-refractivity contribution in [1.29, 1.82) is 0 Å². The summed E-state index contributed by atoms with van der Waals surface area (Å²) >= 11 is 6.32. The summed E-state index contributed by atoms with van der Waals surface area (Å²) in [5.41, 5.74) is 1.17. The van der Waals surface area contributed by atoms with Crippen LogP contribution in [-0.2, 0) is 4.79 Å². The number of halogens is 2. The Bertz CT molecular complexity index is 513. The van der Waals surface area contributed by atoms with E-state index in [1.54, 1.807) is 0 Å². The minimum absolute atomic E-state index is 0. The molecule has 1 aliphatic rings. The van der Waals surface area contributed by atoms with Gasteiger partial charge >= 0.3 is 5.97 Å². The summed E-state index contributed by atoms with van der Waals surface area (Å²) in [6.45, 7) is 4.32. The molecule has 1 aromatic carbocycles. The number of hydrogen-bond donors (Lipinski definition) is 1. The molecule has 0 bridgehead atoms. The van der Waals surface area contributed by atoms with Crippen LogP contribution in [0.4, 0.5) is 0 Å². The highest BCUT2D eigenvalue weighted by atomic mass is 35.5. The van der Waals surface area contributed by atoms with Gasteiger partial charge in [0.05, 0.1) is 6.54 Å². The second-order valence-corrected chi connectivity index (χ2v) is 6.53. The quantitative estimate of drug-likeness (QED) is 0.869. The Morgan fingerprint density at radius 3 is 2.74 bits per heavy atom. The van der Waals surface area contributed by atoms with E-state index in [-0.39, 0.29) is 25.0 Å². The summed E-state index contributed by atoms with van der Waals surface area (Å²) in [6, 6.07) is 8.65. The maximum absolute atomic E-state index is 10.9. The molecule has 4 nitrogen and oxygen atoms in total. The Hall–Kier alpha value is -0.810. The molecule has 0 saturated carbocycles. The van der Waals surface area contributed by atoms with E-state index in [0.29, 0.717) is 6.04 Å². The Kier molecular flexibility index (Phi) is 8.34. The van der Waals surface area contributed by atoms with E-state index in [4.69, 9.17) is 16.7 Å². The van der Waals surface area contributed by atoms with Gasteiger partial charge in [-0.25, -0.2) is 0 Å². The molecule has 0 amide bonds. The number of carbonyl (C=O) groups is 1. The smallest absolute Gasteiger partial charge is 0.317 e. The van der Waals surface area contributed by atoms with Crippen molar-refractivity contribution in [1.82, 2.24) is 9.80 Å². The molecule has 1 aliphatic heterocycles. The van der Waals surface area contributed by atoms with Crippen LogP contribution in [0.25, 0.3) is 0 Å². The van der Waals surface area contributed by atoms with Gasteiger partial charge in [0.25, 0.3) is 0 Å². The lowest BCUT2D eigenvalue weighted by Crippen LogP contribution is -2.36. The third kappa shape index (κ3) is 5.64. The molecule has 0 radical (unpaired) electrons. The van der Waals surface area contributed by atoms with Gasteiger partial charge in [0.1, 0.15) is 0 Å². The van der Waals surface area contributed by atoms with Gasteiger partial charge in [-0.15, -0.1) is 12.4 Å². The number of nitrogens with zero attached hydrogens (tertiary/aromatic N) is 2. The minimum Gasteiger partial charge on any atom is -0.480 e. The molecule has 6 heteroatoms. The fourth-order valence-electron chi connectivity index (χ4n) is 3.28. The molecule has 0 aliphatic carbocycles. The van der Waals surface area contributed by atoms with Crippen molar-refractivity contribution in [2.45, 2.75) is 38.3 Å². The van der Waals surface area contributed by atoms with Gasteiger partial charge in [0.15, 0.2) is 0 Å². The first-order valence-electron chi connectivity index (χ1n) is 7.89. The average molecular weight is 361 g/mol. The number of carboxylic acids is 1. The fraction of sp³-hybridized carbons (Fsp3) is 0.588. The molecule has 1 saturated heterocycles. The molecule has 2 rings (SSSR count). The van der Waals surface area contributed by atoms with Crippen LogP contribution in [0.1, 0.15) is 37.8 Å². The highest BCUT2D eigenvalue weighted by Gasteiger charge is 2.25. The van der Waals surface area contributed by atoms with Crippen molar-refractivity contribution in [3.05, 3.63) is 34.9 Å². The number of carboxylic acid groups (broad SMARTS) is 1. The van der Waals surface area contributed by atoms with E-state index in [1.807, 2.05) is 30.1 Å². The highest BCUT2D eigenvalue weighted by Crippen LogP contribution is 2.29. The van der Waals surface area contributed by atoms with Gasteiger partial charge in [-0.05, 0) is 51.4 Å². The zero-order valence-corrected chi connectivity index (χ0v) is 15.3. The standard InChI is InChI=1S/C17H25ClN2O2.ClH/c1-13(15-7-3-4-8-16(15)18)20-10-5-6-14(9-11-20)19(2)12-17(21)22;/h3-4,7-8,13-14H,5-6,9-12H2,1-2H3,(H,21,22);1H. The summed E-state index contributed by atoms with van der Waals surface area (Å²) in [5, 5.41) is 9.76. The van der Waals surface area contributed by atoms with E-state index in [1.165, 1.54) is 5.56 Å². The zero-order valence-electron chi connectivity index (χ0n) is 13.7. The van der Waals surface area contributed by atoms with Gasteiger partial charge in [-0.3, -0.25) is 14.6 Å². The first-order valence-corrected chi connectivity index (χ1v) is 8.27. The maximum atomic E-state index is 10.9. The fourth-order valence-corrected chi connectivity index (χ4v) is 3.58. The predicted molar refractivity (Wildman–Crippen MR) is 96.6 cm³/mol. The number of aliphatic carboxylic acids is 1. The minimum atomic E-state index is -0.756. The second-order valence-electron chi connectivity index (χ2n) is 6.13. The van der Waals surface area contributed by atoms with Crippen molar-refractivity contribution in [3.8, 4) is 0 Å². The van der Waals surface area contributed by atoms with Crippen molar-refractivity contribution in [2.75, 3.05) is 26.7 Å². The third-order valence-corrected chi connectivity index (χ3v) is 4.99. The van der Waals surface area contributed by atoms with E-state index in [0.717, 1.165) is 37.4 Å². The van der Waals surface area contributed by atoms with Crippen LogP contribution in [0.2, 0.25) is 5.02 Å². The zero-order chi connectivity index (χ0) is 16.1. The van der Waals surface area contributed by atoms with Crippen LogP contribution in [0.3, 0.4) is 0 Å². The molecule has 0 spiro atoms. The largest absolute Gasteiger partial charge is 0.480 e. The third-order valence-electron chi connectivity index (χ3n) is 4.64. The summed E-state index contributed by atoms with van der Waals surface area (Å²) in [5.74, 6) is -0.756. The molecule has 130 valence electrons. The van der Waals surface area contributed by atoms with E-state index in [2.05, 4.69) is 17.9 Å². The normalized spacial score (nSPS) is 20.6. The monoisotopic (exact) mass is 360 g/mol. The Balaban J connectivity index is 0.00000264. The molecule has 1 N–H and O–H groups in total. The van der Waals surface area contributed by atoms with Gasteiger partial charge in [-0.2, -0.15) is 0 Å². The Morgan fingerprint density at radius 1 is 1.39 bits per heavy atom. The van der Waals surface area contributed by atoms with Crippen LogP contribution in [0.5, 0.6) is 0 Å². The molecule has 2 unspecified atom stereocenters. The van der Waals surface area contributed by atoms with Crippen LogP contribution >= 0.6 is 24.0 Å². The lowest BCUT2D eigenvalue weighted by Gasteiger charge is -2.29. The van der Waals surface area contributed by atoms with Crippen LogP contribution in [-0.4, -0.2) is 53.6 Å². The molecule has 2 atom stereocenters. The van der Waals surface area contributed by atoms with Crippen LogP contribution < -0.4 is 0 Å². The van der Waals surface area contributed by atoms with Crippen LogP contribution in [0, 0.1) is 0 Å². The number of benzene rings is 1. The van der Waals surface area contributed by atoms with E-state index >= 15 is 0 Å². The number of rotatable bonds is 5. The molecule has 1 fully saturated rings.